The number of piperidine rings is 1. The Morgan fingerprint density at radius 3 is 2.74 bits per heavy atom. The van der Waals surface area contributed by atoms with E-state index in [9.17, 15) is 9.18 Å². The average Bonchev–Trinajstić information content (AvgIpc) is 2.81. The van der Waals surface area contributed by atoms with Crippen LogP contribution in [0, 0.1) is 0 Å². The van der Waals surface area contributed by atoms with E-state index in [2.05, 4.69) is 14.9 Å². The van der Waals surface area contributed by atoms with Crippen LogP contribution in [-0.4, -0.2) is 58.9 Å². The highest BCUT2D eigenvalue weighted by Crippen LogP contribution is 2.27. The second kappa shape index (κ2) is 6.59. The van der Waals surface area contributed by atoms with Gasteiger partial charge in [-0.3, -0.25) is 9.48 Å². The van der Waals surface area contributed by atoms with Crippen LogP contribution < -0.4 is 4.90 Å². The molecule has 5 nitrogen and oxygen atoms in total. The van der Waals surface area contributed by atoms with Crippen LogP contribution in [0.5, 0.6) is 0 Å². The van der Waals surface area contributed by atoms with Gasteiger partial charge in [0, 0.05) is 39.6 Å². The molecule has 0 saturated carbocycles. The van der Waals surface area contributed by atoms with Gasteiger partial charge in [-0.05, 0) is 39.2 Å². The highest BCUT2D eigenvalue weighted by atomic mass is 19.1. The molecule has 0 amide bonds. The summed E-state index contributed by atoms with van der Waals surface area (Å²) in [7, 11) is 1.90. The molecule has 0 atom stereocenters. The Labute approximate surface area is 137 Å². The molecule has 0 spiro atoms. The number of likely N-dealkylation sites (tertiary alicyclic amines) is 1. The first kappa shape index (κ1) is 16.4. The van der Waals surface area contributed by atoms with E-state index in [1.807, 2.05) is 11.7 Å². The number of carbonyl (C=O) groups is 1. The first-order chi connectivity index (χ1) is 11.0. The lowest BCUT2D eigenvalue weighted by atomic mass is 9.96. The quantitative estimate of drug-likeness (QED) is 0.854. The second-order valence-corrected chi connectivity index (χ2v) is 7.13. The van der Waals surface area contributed by atoms with E-state index in [1.165, 1.54) is 0 Å². The van der Waals surface area contributed by atoms with Crippen molar-refractivity contribution in [2.75, 3.05) is 37.6 Å². The number of rotatable bonds is 4. The Bertz CT molecular complexity index is 559. The maximum absolute atomic E-state index is 13.8. The van der Waals surface area contributed by atoms with E-state index in [4.69, 9.17) is 0 Å². The minimum Gasteiger partial charge on any atom is -0.356 e. The van der Waals surface area contributed by atoms with Gasteiger partial charge < -0.3 is 9.80 Å². The molecule has 0 aromatic carbocycles. The maximum Gasteiger partial charge on any atom is 0.168 e. The summed E-state index contributed by atoms with van der Waals surface area (Å²) >= 11 is 0. The van der Waals surface area contributed by atoms with Gasteiger partial charge >= 0.3 is 0 Å². The van der Waals surface area contributed by atoms with Gasteiger partial charge in [0.05, 0.1) is 11.8 Å². The molecule has 3 rings (SSSR count). The van der Waals surface area contributed by atoms with Gasteiger partial charge in [-0.2, -0.15) is 5.10 Å². The number of alkyl halides is 1. The largest absolute Gasteiger partial charge is 0.356 e. The third-order valence-corrected chi connectivity index (χ3v) is 5.14. The van der Waals surface area contributed by atoms with Gasteiger partial charge in [-0.1, -0.05) is 0 Å². The summed E-state index contributed by atoms with van der Waals surface area (Å²) in [4.78, 5) is 16.8. The van der Waals surface area contributed by atoms with Gasteiger partial charge in [0.25, 0.3) is 0 Å². The van der Waals surface area contributed by atoms with E-state index in [0.29, 0.717) is 19.3 Å². The topological polar surface area (TPSA) is 41.4 Å². The zero-order valence-electron chi connectivity index (χ0n) is 14.2. The minimum atomic E-state index is -0.981. The number of aromatic nitrogens is 2. The molecule has 2 aliphatic heterocycles. The summed E-state index contributed by atoms with van der Waals surface area (Å²) in [6.45, 7) is 6.23. The summed E-state index contributed by atoms with van der Waals surface area (Å²) in [6.07, 6.45) is 5.51. The Morgan fingerprint density at radius 2 is 2.00 bits per heavy atom. The van der Waals surface area contributed by atoms with Crippen molar-refractivity contribution in [3.63, 3.8) is 0 Å². The number of nitrogens with zero attached hydrogens (tertiary/aromatic N) is 4. The molecular formula is C17H27FN4O. The normalized spacial score (nSPS) is 22.0. The van der Waals surface area contributed by atoms with Crippen LogP contribution in [0.25, 0.3) is 0 Å². The Kier molecular flexibility index (Phi) is 4.71. The fourth-order valence-corrected chi connectivity index (χ4v) is 3.62. The average molecular weight is 322 g/mol. The SMILES string of the molecule is Cn1ncc2c1N(CCCN1CCC(C)(F)CC1)CCCC2=O. The number of ketones is 1. The summed E-state index contributed by atoms with van der Waals surface area (Å²) in [5, 5.41) is 4.26. The fourth-order valence-electron chi connectivity index (χ4n) is 3.62. The lowest BCUT2D eigenvalue weighted by molar-refractivity contribution is 0.0738. The van der Waals surface area contributed by atoms with Gasteiger partial charge in [-0.25, -0.2) is 4.39 Å². The number of halogens is 1. The van der Waals surface area contributed by atoms with Crippen molar-refractivity contribution >= 4 is 11.6 Å². The number of hydrogen-bond donors (Lipinski definition) is 0. The molecule has 0 aliphatic carbocycles. The van der Waals surface area contributed by atoms with Crippen LogP contribution >= 0.6 is 0 Å². The van der Waals surface area contributed by atoms with Gasteiger partial charge in [0.2, 0.25) is 0 Å². The molecule has 1 saturated heterocycles. The Morgan fingerprint density at radius 1 is 1.26 bits per heavy atom. The van der Waals surface area contributed by atoms with E-state index in [1.54, 1.807) is 13.1 Å². The third-order valence-electron chi connectivity index (χ3n) is 5.14. The molecule has 1 aromatic rings. The summed E-state index contributed by atoms with van der Waals surface area (Å²) in [5.41, 5.74) is -0.221. The number of Topliss-reactive ketones (excluding diaryl/α,β-unsaturated/α-hetero) is 1. The molecule has 0 N–H and O–H groups in total. The van der Waals surface area contributed by atoms with Crippen molar-refractivity contribution in [3.8, 4) is 0 Å². The predicted octanol–water partition coefficient (Wildman–Crippen LogP) is 2.42. The molecule has 6 heteroatoms. The number of anilines is 1. The zero-order chi connectivity index (χ0) is 16.4. The second-order valence-electron chi connectivity index (χ2n) is 7.13. The van der Waals surface area contributed by atoms with Gasteiger partial charge in [-0.15, -0.1) is 0 Å². The number of carbonyl (C=O) groups excluding carboxylic acids is 1. The summed E-state index contributed by atoms with van der Waals surface area (Å²) in [5.74, 6) is 1.16. The fraction of sp³-hybridized carbons (Fsp3) is 0.765. The molecule has 1 aromatic heterocycles. The molecule has 3 heterocycles. The number of hydrogen-bond acceptors (Lipinski definition) is 4. The molecule has 1 fully saturated rings. The van der Waals surface area contributed by atoms with Gasteiger partial charge in [0.15, 0.2) is 5.78 Å². The van der Waals surface area contributed by atoms with Crippen molar-refractivity contribution in [2.45, 2.75) is 44.7 Å². The summed E-state index contributed by atoms with van der Waals surface area (Å²) < 4.78 is 15.7. The standard InChI is InChI=1S/C17H27FN4O/c1-17(18)6-11-21(12-7-17)8-4-10-22-9-3-5-15(23)14-13-19-20(2)16(14)22/h13H,3-12H2,1-2H3. The molecule has 2 aliphatic rings. The Hall–Kier alpha value is -1.43. The van der Waals surface area contributed by atoms with E-state index < -0.39 is 5.67 Å². The maximum atomic E-state index is 13.8. The van der Waals surface area contributed by atoms with Crippen molar-refractivity contribution in [1.29, 1.82) is 0 Å². The zero-order valence-corrected chi connectivity index (χ0v) is 14.2. The third kappa shape index (κ3) is 3.74. The van der Waals surface area contributed by atoms with Crippen molar-refractivity contribution in [1.82, 2.24) is 14.7 Å². The van der Waals surface area contributed by atoms with Crippen molar-refractivity contribution in [3.05, 3.63) is 11.8 Å². The highest BCUT2D eigenvalue weighted by molar-refractivity contribution is 6.01. The lowest BCUT2D eigenvalue weighted by Gasteiger charge is -2.34. The molecular weight excluding hydrogens is 295 g/mol. The van der Waals surface area contributed by atoms with E-state index in [0.717, 1.165) is 56.9 Å². The van der Waals surface area contributed by atoms with Crippen LogP contribution in [0.3, 0.4) is 0 Å². The minimum absolute atomic E-state index is 0.203. The molecule has 0 radical (unpaired) electrons. The first-order valence-corrected chi connectivity index (χ1v) is 8.68. The first-order valence-electron chi connectivity index (χ1n) is 8.68. The molecule has 128 valence electrons. The van der Waals surface area contributed by atoms with E-state index >= 15 is 0 Å². The Balaban J connectivity index is 1.55. The number of fused-ring (bicyclic) bond motifs is 1. The van der Waals surface area contributed by atoms with Crippen molar-refractivity contribution in [2.24, 2.45) is 7.05 Å². The van der Waals surface area contributed by atoms with Crippen LogP contribution in [0.2, 0.25) is 0 Å². The van der Waals surface area contributed by atoms with Gasteiger partial charge in [0.1, 0.15) is 11.5 Å². The monoisotopic (exact) mass is 322 g/mol. The van der Waals surface area contributed by atoms with Crippen molar-refractivity contribution < 1.29 is 9.18 Å². The smallest absolute Gasteiger partial charge is 0.168 e. The lowest BCUT2D eigenvalue weighted by Crippen LogP contribution is -2.41. The van der Waals surface area contributed by atoms with Crippen LogP contribution in [-0.2, 0) is 7.05 Å². The highest BCUT2D eigenvalue weighted by Gasteiger charge is 2.29. The number of aryl methyl sites for hydroxylation is 1. The van der Waals surface area contributed by atoms with E-state index in [-0.39, 0.29) is 5.78 Å². The van der Waals surface area contributed by atoms with Crippen LogP contribution in [0.1, 0.15) is 49.4 Å². The predicted molar refractivity (Wildman–Crippen MR) is 88.8 cm³/mol. The summed E-state index contributed by atoms with van der Waals surface area (Å²) in [6, 6.07) is 0. The van der Waals surface area contributed by atoms with Crippen LogP contribution in [0.15, 0.2) is 6.20 Å². The molecule has 0 unspecified atom stereocenters. The molecule has 0 bridgehead atoms. The van der Waals surface area contributed by atoms with Crippen LogP contribution in [0.4, 0.5) is 10.2 Å². The molecule has 23 heavy (non-hydrogen) atoms.